The Kier molecular flexibility index (Phi) is 5.37. The minimum absolute atomic E-state index is 0.161. The predicted molar refractivity (Wildman–Crippen MR) is 118 cm³/mol. The van der Waals surface area contributed by atoms with E-state index in [0.29, 0.717) is 12.0 Å². The predicted octanol–water partition coefficient (Wildman–Crippen LogP) is 6.58. The van der Waals surface area contributed by atoms with Crippen LogP contribution >= 0.6 is 9.24 Å². The van der Waals surface area contributed by atoms with Gasteiger partial charge in [-0.2, -0.15) is 0 Å². The molecular formula is C26H22FP. The maximum Gasteiger partial charge on any atom is 0.126 e. The average molecular weight is 384 g/mol. The molecule has 2 heteroatoms. The van der Waals surface area contributed by atoms with Crippen LogP contribution in [0.2, 0.25) is 0 Å². The molecule has 0 heterocycles. The molecule has 0 aliphatic heterocycles. The van der Waals surface area contributed by atoms with Crippen molar-refractivity contribution in [3.8, 4) is 0 Å². The molecule has 28 heavy (non-hydrogen) atoms. The first-order valence-electron chi connectivity index (χ1n) is 9.41. The number of benzene rings is 4. The standard InChI is InChI=1S/C26H22FP/c27-25-18-10-8-12-21(25)19-20-11-7-9-17-24(20)26(28,22-13-3-1-4-14-22)23-15-5-2-6-16-23/h1-18H,19,28H2. The summed E-state index contributed by atoms with van der Waals surface area (Å²) in [5.41, 5.74) is 5.37. The maximum atomic E-state index is 14.3. The van der Waals surface area contributed by atoms with E-state index in [0.717, 1.165) is 5.56 Å². The van der Waals surface area contributed by atoms with Gasteiger partial charge >= 0.3 is 0 Å². The van der Waals surface area contributed by atoms with Crippen LogP contribution in [0.3, 0.4) is 0 Å². The van der Waals surface area contributed by atoms with Crippen molar-refractivity contribution >= 4 is 9.24 Å². The zero-order chi connectivity index (χ0) is 19.4. The lowest BCUT2D eigenvalue weighted by Crippen LogP contribution is -2.23. The molecule has 1 atom stereocenters. The summed E-state index contributed by atoms with van der Waals surface area (Å²) < 4.78 is 14.3. The van der Waals surface area contributed by atoms with Gasteiger partial charge in [-0.25, -0.2) is 4.39 Å². The van der Waals surface area contributed by atoms with Gasteiger partial charge in [0.2, 0.25) is 0 Å². The quantitative estimate of drug-likeness (QED) is 0.269. The van der Waals surface area contributed by atoms with Crippen molar-refractivity contribution in [1.82, 2.24) is 0 Å². The lowest BCUT2D eigenvalue weighted by atomic mass is 9.80. The van der Waals surface area contributed by atoms with E-state index in [4.69, 9.17) is 0 Å². The Morgan fingerprint density at radius 2 is 1.04 bits per heavy atom. The molecule has 0 aliphatic rings. The molecule has 0 fully saturated rings. The van der Waals surface area contributed by atoms with Gasteiger partial charge in [-0.1, -0.05) is 103 Å². The van der Waals surface area contributed by atoms with E-state index < -0.39 is 5.16 Å². The van der Waals surface area contributed by atoms with Crippen LogP contribution in [0.5, 0.6) is 0 Å². The van der Waals surface area contributed by atoms with Crippen LogP contribution < -0.4 is 0 Å². The molecule has 0 nitrogen and oxygen atoms in total. The molecular weight excluding hydrogens is 362 g/mol. The van der Waals surface area contributed by atoms with Crippen LogP contribution in [0.1, 0.15) is 27.8 Å². The number of rotatable bonds is 5. The summed E-state index contributed by atoms with van der Waals surface area (Å²) in [5.74, 6) is -0.161. The van der Waals surface area contributed by atoms with Crippen LogP contribution in [0.25, 0.3) is 0 Å². The minimum atomic E-state index is -0.412. The maximum absolute atomic E-state index is 14.3. The van der Waals surface area contributed by atoms with E-state index in [1.807, 2.05) is 30.3 Å². The Labute approximate surface area is 168 Å². The van der Waals surface area contributed by atoms with Gasteiger partial charge in [0, 0.05) is 6.42 Å². The van der Waals surface area contributed by atoms with Gasteiger partial charge in [0.15, 0.2) is 0 Å². The Hall–Kier alpha value is -2.76. The molecule has 0 radical (unpaired) electrons. The van der Waals surface area contributed by atoms with Gasteiger partial charge in [-0.05, 0) is 33.9 Å². The van der Waals surface area contributed by atoms with Crippen molar-refractivity contribution in [3.63, 3.8) is 0 Å². The molecule has 0 N–H and O–H groups in total. The third kappa shape index (κ3) is 3.51. The van der Waals surface area contributed by atoms with Crippen molar-refractivity contribution in [3.05, 3.63) is 143 Å². The summed E-state index contributed by atoms with van der Waals surface area (Å²) >= 11 is 0. The molecule has 0 saturated heterocycles. The summed E-state index contributed by atoms with van der Waals surface area (Å²) in [5, 5.41) is -0.412. The van der Waals surface area contributed by atoms with Gasteiger partial charge in [0.1, 0.15) is 5.82 Å². The summed E-state index contributed by atoms with van der Waals surface area (Å²) in [6.07, 6.45) is 0.554. The number of hydrogen-bond donors (Lipinski definition) is 0. The summed E-state index contributed by atoms with van der Waals surface area (Å²) in [6, 6.07) is 36.3. The van der Waals surface area contributed by atoms with Gasteiger partial charge in [0.25, 0.3) is 0 Å². The third-order valence-electron chi connectivity index (χ3n) is 5.24. The monoisotopic (exact) mass is 384 g/mol. The Bertz CT molecular complexity index is 1020. The Morgan fingerprint density at radius 3 is 1.61 bits per heavy atom. The van der Waals surface area contributed by atoms with E-state index in [2.05, 4.69) is 76.0 Å². The van der Waals surface area contributed by atoms with Gasteiger partial charge in [-0.15, -0.1) is 9.24 Å². The van der Waals surface area contributed by atoms with Crippen molar-refractivity contribution in [2.24, 2.45) is 0 Å². The fourth-order valence-corrected chi connectivity index (χ4v) is 4.45. The van der Waals surface area contributed by atoms with E-state index in [1.165, 1.54) is 22.8 Å². The highest BCUT2D eigenvalue weighted by molar-refractivity contribution is 7.19. The second kappa shape index (κ2) is 8.09. The van der Waals surface area contributed by atoms with Gasteiger partial charge < -0.3 is 0 Å². The Balaban J connectivity index is 1.90. The molecule has 0 aliphatic carbocycles. The second-order valence-electron chi connectivity index (χ2n) is 6.97. The summed E-state index contributed by atoms with van der Waals surface area (Å²) in [4.78, 5) is 0. The summed E-state index contributed by atoms with van der Waals surface area (Å²) in [7, 11) is 3.08. The lowest BCUT2D eigenvalue weighted by Gasteiger charge is -2.33. The average Bonchev–Trinajstić information content (AvgIpc) is 2.76. The molecule has 0 spiro atoms. The van der Waals surface area contributed by atoms with E-state index in [1.54, 1.807) is 6.07 Å². The zero-order valence-electron chi connectivity index (χ0n) is 15.6. The number of halogens is 1. The largest absolute Gasteiger partial charge is 0.207 e. The highest BCUT2D eigenvalue weighted by Crippen LogP contribution is 2.46. The zero-order valence-corrected chi connectivity index (χ0v) is 16.7. The first-order valence-corrected chi connectivity index (χ1v) is 9.99. The van der Waals surface area contributed by atoms with Gasteiger partial charge in [-0.3, -0.25) is 0 Å². The highest BCUT2D eigenvalue weighted by Gasteiger charge is 2.33. The number of hydrogen-bond acceptors (Lipinski definition) is 0. The Morgan fingerprint density at radius 1 is 0.571 bits per heavy atom. The van der Waals surface area contributed by atoms with Crippen LogP contribution in [0.15, 0.2) is 109 Å². The molecule has 0 bridgehead atoms. The molecule has 4 aromatic rings. The molecule has 0 amide bonds. The molecule has 0 aromatic heterocycles. The first-order chi connectivity index (χ1) is 13.7. The van der Waals surface area contributed by atoms with Crippen LogP contribution in [0, 0.1) is 5.82 Å². The fourth-order valence-electron chi connectivity index (χ4n) is 3.79. The van der Waals surface area contributed by atoms with Crippen molar-refractivity contribution in [2.45, 2.75) is 11.6 Å². The molecule has 4 aromatic carbocycles. The van der Waals surface area contributed by atoms with Crippen molar-refractivity contribution in [1.29, 1.82) is 0 Å². The molecule has 0 saturated carbocycles. The van der Waals surface area contributed by atoms with Crippen molar-refractivity contribution in [2.75, 3.05) is 0 Å². The van der Waals surface area contributed by atoms with Gasteiger partial charge in [0.05, 0.1) is 5.16 Å². The van der Waals surface area contributed by atoms with Crippen LogP contribution in [0.4, 0.5) is 4.39 Å². The normalized spacial score (nSPS) is 11.4. The van der Waals surface area contributed by atoms with Crippen molar-refractivity contribution < 1.29 is 4.39 Å². The SMILES string of the molecule is Fc1ccccc1Cc1ccccc1C(P)(c1ccccc1)c1ccccc1. The highest BCUT2D eigenvalue weighted by atomic mass is 31.0. The smallest absolute Gasteiger partial charge is 0.126 e. The molecule has 138 valence electrons. The van der Waals surface area contributed by atoms with Crippen LogP contribution in [-0.2, 0) is 11.6 Å². The minimum Gasteiger partial charge on any atom is -0.207 e. The van der Waals surface area contributed by atoms with E-state index in [-0.39, 0.29) is 5.82 Å². The van der Waals surface area contributed by atoms with E-state index >= 15 is 0 Å². The first kappa shape index (κ1) is 18.6. The fraction of sp³-hybridized carbons (Fsp3) is 0.0769. The molecule has 1 unspecified atom stereocenters. The topological polar surface area (TPSA) is 0 Å². The summed E-state index contributed by atoms with van der Waals surface area (Å²) in [6.45, 7) is 0. The van der Waals surface area contributed by atoms with E-state index in [9.17, 15) is 4.39 Å². The second-order valence-corrected chi connectivity index (χ2v) is 7.83. The lowest BCUT2D eigenvalue weighted by molar-refractivity contribution is 0.613. The third-order valence-corrected chi connectivity index (χ3v) is 6.22. The van der Waals surface area contributed by atoms with Crippen LogP contribution in [-0.4, -0.2) is 0 Å². The molecule has 4 rings (SSSR count).